The molecular weight excluding hydrogens is 226 g/mol. The molecule has 0 aliphatic heterocycles. The zero-order valence-electron chi connectivity index (χ0n) is 10.7. The number of hydrogen-bond donors (Lipinski definition) is 1. The van der Waals surface area contributed by atoms with Gasteiger partial charge in [0, 0.05) is 24.5 Å². The molecule has 2 rings (SSSR count). The zero-order valence-corrected chi connectivity index (χ0v) is 10.7. The number of aromatic nitrogens is 2. The largest absolute Gasteiger partial charge is 0.437 e. The first-order valence-corrected chi connectivity index (χ1v) is 6.02. The first-order valence-electron chi connectivity index (χ1n) is 6.02. The van der Waals surface area contributed by atoms with Gasteiger partial charge in [-0.25, -0.2) is 4.98 Å². The summed E-state index contributed by atoms with van der Waals surface area (Å²) >= 11 is 0. The van der Waals surface area contributed by atoms with Crippen LogP contribution in [0.5, 0.6) is 11.6 Å². The molecule has 0 atom stereocenters. The number of aryl methyl sites for hydroxylation is 2. The highest BCUT2D eigenvalue weighted by atomic mass is 16.5. The molecule has 0 aliphatic rings. The summed E-state index contributed by atoms with van der Waals surface area (Å²) in [5, 5.41) is 0. The lowest BCUT2D eigenvalue weighted by atomic mass is 10.2. The summed E-state index contributed by atoms with van der Waals surface area (Å²) in [7, 11) is 0. The van der Waals surface area contributed by atoms with E-state index in [4.69, 9.17) is 10.5 Å². The second-order valence-electron chi connectivity index (χ2n) is 4.06. The quantitative estimate of drug-likeness (QED) is 0.896. The van der Waals surface area contributed by atoms with E-state index in [9.17, 15) is 0 Å². The first kappa shape index (κ1) is 12.5. The van der Waals surface area contributed by atoms with Crippen LogP contribution in [0.4, 0.5) is 0 Å². The van der Waals surface area contributed by atoms with Crippen LogP contribution in [0.3, 0.4) is 0 Å². The van der Waals surface area contributed by atoms with Crippen LogP contribution in [0.2, 0.25) is 0 Å². The van der Waals surface area contributed by atoms with Gasteiger partial charge < -0.3 is 10.5 Å². The highest BCUT2D eigenvalue weighted by Gasteiger charge is 2.06. The summed E-state index contributed by atoms with van der Waals surface area (Å²) in [4.78, 5) is 8.63. The minimum atomic E-state index is 0.478. The van der Waals surface area contributed by atoms with E-state index in [2.05, 4.69) is 16.9 Å². The topological polar surface area (TPSA) is 61.0 Å². The average molecular weight is 243 g/mol. The van der Waals surface area contributed by atoms with Crippen molar-refractivity contribution in [3.63, 3.8) is 0 Å². The molecule has 0 aromatic carbocycles. The standard InChI is InChI=1S/C14H17N3O/c1-3-12-13(5-4-10(2)17-12)18-14-8-11(9-15)6-7-16-14/h4-8H,3,9,15H2,1-2H3. The highest BCUT2D eigenvalue weighted by molar-refractivity contribution is 5.33. The fourth-order valence-corrected chi connectivity index (χ4v) is 1.69. The number of rotatable bonds is 4. The molecule has 0 unspecified atom stereocenters. The summed E-state index contributed by atoms with van der Waals surface area (Å²) in [6, 6.07) is 7.58. The molecule has 0 spiro atoms. The molecule has 0 saturated heterocycles. The highest BCUT2D eigenvalue weighted by Crippen LogP contribution is 2.23. The fraction of sp³-hybridized carbons (Fsp3) is 0.286. The Morgan fingerprint density at radius 1 is 1.28 bits per heavy atom. The van der Waals surface area contributed by atoms with Gasteiger partial charge in [-0.2, -0.15) is 0 Å². The van der Waals surface area contributed by atoms with E-state index in [1.807, 2.05) is 31.2 Å². The number of nitrogens with zero attached hydrogens (tertiary/aromatic N) is 2. The molecule has 94 valence electrons. The predicted molar refractivity (Wildman–Crippen MR) is 70.6 cm³/mol. The van der Waals surface area contributed by atoms with Gasteiger partial charge in [-0.15, -0.1) is 0 Å². The van der Waals surface area contributed by atoms with Crippen molar-refractivity contribution in [2.45, 2.75) is 26.8 Å². The Balaban J connectivity index is 2.27. The van der Waals surface area contributed by atoms with Crippen LogP contribution in [-0.2, 0) is 13.0 Å². The van der Waals surface area contributed by atoms with Crippen molar-refractivity contribution in [3.8, 4) is 11.6 Å². The second kappa shape index (κ2) is 5.60. The van der Waals surface area contributed by atoms with E-state index in [-0.39, 0.29) is 0 Å². The van der Waals surface area contributed by atoms with Crippen molar-refractivity contribution < 1.29 is 4.74 Å². The van der Waals surface area contributed by atoms with Crippen molar-refractivity contribution in [1.82, 2.24) is 9.97 Å². The van der Waals surface area contributed by atoms with E-state index in [0.29, 0.717) is 12.4 Å². The normalized spacial score (nSPS) is 10.4. The predicted octanol–water partition coefficient (Wildman–Crippen LogP) is 2.60. The summed E-state index contributed by atoms with van der Waals surface area (Å²) in [6.07, 6.45) is 2.53. The molecule has 0 radical (unpaired) electrons. The van der Waals surface area contributed by atoms with Gasteiger partial charge in [-0.3, -0.25) is 4.98 Å². The monoisotopic (exact) mass is 243 g/mol. The minimum absolute atomic E-state index is 0.478. The maximum absolute atomic E-state index is 5.77. The number of pyridine rings is 2. The molecular formula is C14H17N3O. The summed E-state index contributed by atoms with van der Waals surface area (Å²) < 4.78 is 5.77. The van der Waals surface area contributed by atoms with Crippen LogP contribution in [0.15, 0.2) is 30.5 Å². The third kappa shape index (κ3) is 2.84. The number of ether oxygens (including phenoxy) is 1. The van der Waals surface area contributed by atoms with Crippen LogP contribution in [0, 0.1) is 6.92 Å². The minimum Gasteiger partial charge on any atom is -0.437 e. The molecule has 2 aromatic heterocycles. The molecule has 4 heteroatoms. The summed E-state index contributed by atoms with van der Waals surface area (Å²) in [5.41, 5.74) is 8.52. The SMILES string of the molecule is CCc1nc(C)ccc1Oc1cc(CN)ccn1. The van der Waals surface area contributed by atoms with Gasteiger partial charge in [0.15, 0.2) is 5.75 Å². The molecule has 18 heavy (non-hydrogen) atoms. The van der Waals surface area contributed by atoms with Crippen LogP contribution in [-0.4, -0.2) is 9.97 Å². The lowest BCUT2D eigenvalue weighted by molar-refractivity contribution is 0.453. The number of hydrogen-bond acceptors (Lipinski definition) is 4. The van der Waals surface area contributed by atoms with Gasteiger partial charge in [0.1, 0.15) is 0 Å². The van der Waals surface area contributed by atoms with Crippen LogP contribution in [0.1, 0.15) is 23.9 Å². The molecule has 2 heterocycles. The Morgan fingerprint density at radius 3 is 2.83 bits per heavy atom. The lowest BCUT2D eigenvalue weighted by Crippen LogP contribution is -1.99. The first-order chi connectivity index (χ1) is 8.72. The van der Waals surface area contributed by atoms with Gasteiger partial charge in [0.25, 0.3) is 0 Å². The van der Waals surface area contributed by atoms with Gasteiger partial charge >= 0.3 is 0 Å². The average Bonchev–Trinajstić information content (AvgIpc) is 2.41. The second-order valence-corrected chi connectivity index (χ2v) is 4.06. The van der Waals surface area contributed by atoms with Crippen molar-refractivity contribution >= 4 is 0 Å². The molecule has 2 N–H and O–H groups in total. The van der Waals surface area contributed by atoms with Crippen molar-refractivity contribution in [2.75, 3.05) is 0 Å². The van der Waals surface area contributed by atoms with E-state index < -0.39 is 0 Å². The van der Waals surface area contributed by atoms with Gasteiger partial charge in [0.05, 0.1) is 5.69 Å². The molecule has 0 bridgehead atoms. The van der Waals surface area contributed by atoms with Crippen molar-refractivity contribution in [1.29, 1.82) is 0 Å². The summed E-state index contributed by atoms with van der Waals surface area (Å²) in [5.74, 6) is 1.31. The molecule has 0 saturated carbocycles. The van der Waals surface area contributed by atoms with Crippen molar-refractivity contribution in [3.05, 3.63) is 47.4 Å². The van der Waals surface area contributed by atoms with Crippen LogP contribution >= 0.6 is 0 Å². The molecule has 4 nitrogen and oxygen atoms in total. The van der Waals surface area contributed by atoms with Gasteiger partial charge in [-0.05, 0) is 37.1 Å². The molecule has 2 aromatic rings. The van der Waals surface area contributed by atoms with Crippen LogP contribution in [0.25, 0.3) is 0 Å². The molecule has 0 amide bonds. The fourth-order valence-electron chi connectivity index (χ4n) is 1.69. The van der Waals surface area contributed by atoms with Crippen molar-refractivity contribution in [2.24, 2.45) is 5.73 Å². The molecule has 0 aliphatic carbocycles. The Labute approximate surface area is 107 Å². The third-order valence-corrected chi connectivity index (χ3v) is 2.66. The Hall–Kier alpha value is -1.94. The Morgan fingerprint density at radius 2 is 2.11 bits per heavy atom. The Bertz CT molecular complexity index is 540. The maximum Gasteiger partial charge on any atom is 0.219 e. The molecule has 0 fully saturated rings. The third-order valence-electron chi connectivity index (χ3n) is 2.66. The van der Waals surface area contributed by atoms with Crippen LogP contribution < -0.4 is 10.5 Å². The van der Waals surface area contributed by atoms with E-state index in [1.54, 1.807) is 6.20 Å². The van der Waals surface area contributed by atoms with E-state index in [0.717, 1.165) is 29.1 Å². The Kier molecular flexibility index (Phi) is 3.89. The number of nitrogens with two attached hydrogens (primary N) is 1. The smallest absolute Gasteiger partial charge is 0.219 e. The summed E-state index contributed by atoms with van der Waals surface area (Å²) in [6.45, 7) is 4.50. The van der Waals surface area contributed by atoms with E-state index >= 15 is 0 Å². The van der Waals surface area contributed by atoms with E-state index in [1.165, 1.54) is 0 Å². The maximum atomic E-state index is 5.77. The zero-order chi connectivity index (χ0) is 13.0. The lowest BCUT2D eigenvalue weighted by Gasteiger charge is -2.09. The van der Waals surface area contributed by atoms with Gasteiger partial charge in [0.2, 0.25) is 5.88 Å². The van der Waals surface area contributed by atoms with Gasteiger partial charge in [-0.1, -0.05) is 6.92 Å².